The van der Waals surface area contributed by atoms with Gasteiger partial charge in [-0.25, -0.2) is 0 Å². The Bertz CT molecular complexity index is 182. The zero-order chi connectivity index (χ0) is 10.0. The molecule has 1 saturated carbocycles. The molecule has 0 aromatic rings. The lowest BCUT2D eigenvalue weighted by Crippen LogP contribution is -2.49. The molecule has 0 atom stereocenters. The Hall–Kier alpha value is -0.120. The normalized spacial score (nSPS) is 29.6. The standard InChI is InChI=1S/C11H21NO2/c13-9-11(14)5-7-12(8-6-11)10-3-1-2-4-10/h10,13-14H,1-9H2. The van der Waals surface area contributed by atoms with Crippen molar-refractivity contribution in [2.24, 2.45) is 0 Å². The van der Waals surface area contributed by atoms with Crippen LogP contribution in [0.4, 0.5) is 0 Å². The van der Waals surface area contributed by atoms with Crippen molar-refractivity contribution in [3.63, 3.8) is 0 Å². The lowest BCUT2D eigenvalue weighted by Gasteiger charge is -2.39. The minimum atomic E-state index is -0.783. The van der Waals surface area contributed by atoms with Crippen LogP contribution in [0, 0.1) is 0 Å². The summed E-state index contributed by atoms with van der Waals surface area (Å²) < 4.78 is 0. The summed E-state index contributed by atoms with van der Waals surface area (Å²) in [5.41, 5.74) is -0.783. The maximum atomic E-state index is 9.86. The zero-order valence-electron chi connectivity index (χ0n) is 8.78. The number of nitrogens with zero attached hydrogens (tertiary/aromatic N) is 1. The van der Waals surface area contributed by atoms with E-state index in [4.69, 9.17) is 5.11 Å². The molecule has 1 aliphatic carbocycles. The minimum absolute atomic E-state index is 0.0779. The molecule has 0 aromatic carbocycles. The predicted molar refractivity (Wildman–Crippen MR) is 55.1 cm³/mol. The quantitative estimate of drug-likeness (QED) is 0.689. The Kier molecular flexibility index (Phi) is 3.10. The molecule has 1 aliphatic heterocycles. The van der Waals surface area contributed by atoms with Crippen LogP contribution in [0.25, 0.3) is 0 Å². The lowest BCUT2D eigenvalue weighted by atomic mass is 9.91. The monoisotopic (exact) mass is 199 g/mol. The first-order valence-corrected chi connectivity index (χ1v) is 5.81. The van der Waals surface area contributed by atoms with Gasteiger partial charge < -0.3 is 15.1 Å². The van der Waals surface area contributed by atoms with Gasteiger partial charge in [-0.1, -0.05) is 12.8 Å². The summed E-state index contributed by atoms with van der Waals surface area (Å²) in [4.78, 5) is 2.50. The molecule has 2 aliphatic rings. The van der Waals surface area contributed by atoms with Crippen LogP contribution in [0.3, 0.4) is 0 Å². The molecular formula is C11H21NO2. The Morgan fingerprint density at radius 3 is 2.21 bits per heavy atom. The van der Waals surface area contributed by atoms with E-state index in [9.17, 15) is 5.11 Å². The molecule has 2 fully saturated rings. The van der Waals surface area contributed by atoms with E-state index in [0.29, 0.717) is 0 Å². The number of aliphatic hydroxyl groups is 2. The molecule has 1 heterocycles. The number of hydrogen-bond acceptors (Lipinski definition) is 3. The smallest absolute Gasteiger partial charge is 0.0901 e. The van der Waals surface area contributed by atoms with Gasteiger partial charge in [-0.05, 0) is 25.7 Å². The van der Waals surface area contributed by atoms with E-state index >= 15 is 0 Å². The van der Waals surface area contributed by atoms with Crippen LogP contribution in [0.15, 0.2) is 0 Å². The van der Waals surface area contributed by atoms with Crippen LogP contribution in [-0.2, 0) is 0 Å². The fourth-order valence-electron chi connectivity index (χ4n) is 2.73. The first kappa shape index (κ1) is 10.4. The van der Waals surface area contributed by atoms with Crippen molar-refractivity contribution in [1.82, 2.24) is 4.90 Å². The summed E-state index contributed by atoms with van der Waals surface area (Å²) in [6, 6.07) is 0.762. The van der Waals surface area contributed by atoms with E-state index in [1.54, 1.807) is 0 Å². The molecule has 2 N–H and O–H groups in total. The molecule has 0 bridgehead atoms. The average molecular weight is 199 g/mol. The minimum Gasteiger partial charge on any atom is -0.393 e. The molecule has 3 heteroatoms. The van der Waals surface area contributed by atoms with Gasteiger partial charge in [0.2, 0.25) is 0 Å². The number of piperidine rings is 1. The second-order valence-electron chi connectivity index (χ2n) is 4.86. The van der Waals surface area contributed by atoms with Gasteiger partial charge in [-0.15, -0.1) is 0 Å². The van der Waals surface area contributed by atoms with Gasteiger partial charge in [-0.2, -0.15) is 0 Å². The van der Waals surface area contributed by atoms with Crippen LogP contribution >= 0.6 is 0 Å². The Morgan fingerprint density at radius 2 is 1.71 bits per heavy atom. The zero-order valence-corrected chi connectivity index (χ0v) is 8.78. The van der Waals surface area contributed by atoms with Crippen molar-refractivity contribution >= 4 is 0 Å². The molecule has 0 radical (unpaired) electrons. The van der Waals surface area contributed by atoms with Gasteiger partial charge >= 0.3 is 0 Å². The molecule has 0 aromatic heterocycles. The summed E-state index contributed by atoms with van der Waals surface area (Å²) in [6.07, 6.45) is 6.87. The number of hydrogen-bond donors (Lipinski definition) is 2. The molecule has 2 rings (SSSR count). The highest BCUT2D eigenvalue weighted by Crippen LogP contribution is 2.29. The van der Waals surface area contributed by atoms with Gasteiger partial charge in [0.1, 0.15) is 0 Å². The fourth-order valence-corrected chi connectivity index (χ4v) is 2.73. The molecular weight excluding hydrogens is 178 g/mol. The molecule has 14 heavy (non-hydrogen) atoms. The second-order valence-corrected chi connectivity index (χ2v) is 4.86. The molecule has 0 amide bonds. The molecule has 82 valence electrons. The van der Waals surface area contributed by atoms with E-state index in [1.807, 2.05) is 0 Å². The van der Waals surface area contributed by atoms with Crippen LogP contribution in [-0.4, -0.2) is 46.5 Å². The third-order valence-electron chi connectivity index (χ3n) is 3.86. The van der Waals surface area contributed by atoms with Gasteiger partial charge in [0.25, 0.3) is 0 Å². The Labute approximate surface area is 85.7 Å². The van der Waals surface area contributed by atoms with E-state index in [-0.39, 0.29) is 6.61 Å². The van der Waals surface area contributed by atoms with Gasteiger partial charge in [0.05, 0.1) is 12.2 Å². The van der Waals surface area contributed by atoms with Crippen molar-refractivity contribution in [3.05, 3.63) is 0 Å². The van der Waals surface area contributed by atoms with Crippen molar-refractivity contribution in [2.45, 2.75) is 50.2 Å². The van der Waals surface area contributed by atoms with Crippen molar-refractivity contribution < 1.29 is 10.2 Å². The number of aliphatic hydroxyl groups excluding tert-OH is 1. The Balaban J connectivity index is 1.83. The molecule has 3 nitrogen and oxygen atoms in total. The predicted octanol–water partition coefficient (Wildman–Crippen LogP) is 0.748. The summed E-state index contributed by atoms with van der Waals surface area (Å²) in [7, 11) is 0. The average Bonchev–Trinajstić information content (AvgIpc) is 2.72. The SMILES string of the molecule is OCC1(O)CCN(C2CCCC2)CC1. The largest absolute Gasteiger partial charge is 0.393 e. The highest BCUT2D eigenvalue weighted by atomic mass is 16.3. The Morgan fingerprint density at radius 1 is 1.14 bits per heavy atom. The van der Waals surface area contributed by atoms with Gasteiger partial charge in [-0.3, -0.25) is 0 Å². The van der Waals surface area contributed by atoms with Crippen LogP contribution in [0.2, 0.25) is 0 Å². The first-order chi connectivity index (χ1) is 6.73. The van der Waals surface area contributed by atoms with E-state index in [0.717, 1.165) is 32.0 Å². The maximum absolute atomic E-state index is 9.86. The first-order valence-electron chi connectivity index (χ1n) is 5.81. The lowest BCUT2D eigenvalue weighted by molar-refractivity contribution is -0.0655. The van der Waals surface area contributed by atoms with Crippen molar-refractivity contribution in [1.29, 1.82) is 0 Å². The van der Waals surface area contributed by atoms with Crippen LogP contribution in [0.1, 0.15) is 38.5 Å². The second kappa shape index (κ2) is 4.17. The summed E-state index contributed by atoms with van der Waals surface area (Å²) in [5.74, 6) is 0. The van der Waals surface area contributed by atoms with E-state index in [1.165, 1.54) is 25.7 Å². The topological polar surface area (TPSA) is 43.7 Å². The third kappa shape index (κ3) is 2.10. The van der Waals surface area contributed by atoms with Crippen molar-refractivity contribution in [2.75, 3.05) is 19.7 Å². The van der Waals surface area contributed by atoms with Gasteiger partial charge in [0.15, 0.2) is 0 Å². The number of likely N-dealkylation sites (tertiary alicyclic amines) is 1. The van der Waals surface area contributed by atoms with E-state index < -0.39 is 5.60 Å². The third-order valence-corrected chi connectivity index (χ3v) is 3.86. The van der Waals surface area contributed by atoms with Gasteiger partial charge in [0, 0.05) is 19.1 Å². The maximum Gasteiger partial charge on any atom is 0.0901 e. The molecule has 0 unspecified atom stereocenters. The summed E-state index contributed by atoms with van der Waals surface area (Å²) in [6.45, 7) is 1.84. The van der Waals surface area contributed by atoms with Crippen molar-refractivity contribution in [3.8, 4) is 0 Å². The van der Waals surface area contributed by atoms with Crippen LogP contribution < -0.4 is 0 Å². The fraction of sp³-hybridized carbons (Fsp3) is 1.00. The van der Waals surface area contributed by atoms with E-state index in [2.05, 4.69) is 4.90 Å². The summed E-state index contributed by atoms with van der Waals surface area (Å²) >= 11 is 0. The summed E-state index contributed by atoms with van der Waals surface area (Å²) in [5, 5.41) is 18.9. The highest BCUT2D eigenvalue weighted by Gasteiger charge is 2.34. The van der Waals surface area contributed by atoms with Crippen LogP contribution in [0.5, 0.6) is 0 Å². The molecule has 0 spiro atoms. The molecule has 1 saturated heterocycles. The highest BCUT2D eigenvalue weighted by molar-refractivity contribution is 4.88. The number of rotatable bonds is 2.